The van der Waals surface area contributed by atoms with Gasteiger partial charge in [0.15, 0.2) is 0 Å². The number of piperidine rings is 1. The van der Waals surface area contributed by atoms with E-state index < -0.39 is 0 Å². The van der Waals surface area contributed by atoms with Gasteiger partial charge in [0.25, 0.3) is 5.91 Å². The average molecular weight is 402 g/mol. The highest BCUT2D eigenvalue weighted by Gasteiger charge is 2.15. The van der Waals surface area contributed by atoms with E-state index in [0.29, 0.717) is 17.9 Å². The van der Waals surface area contributed by atoms with Gasteiger partial charge in [0.2, 0.25) is 5.95 Å². The molecule has 2 aromatic carbocycles. The van der Waals surface area contributed by atoms with Crippen molar-refractivity contribution in [1.82, 2.24) is 15.3 Å². The fraction of sp³-hybridized carbons (Fsp3) is 0.292. The summed E-state index contributed by atoms with van der Waals surface area (Å²) >= 11 is 0. The topological polar surface area (TPSA) is 67.3 Å². The zero-order chi connectivity index (χ0) is 20.8. The first kappa shape index (κ1) is 19.9. The van der Waals surface area contributed by atoms with Gasteiger partial charge in [-0.15, -0.1) is 0 Å². The second kappa shape index (κ2) is 9.39. The number of para-hydroxylation sites is 1. The van der Waals surface area contributed by atoms with Crippen LogP contribution in [-0.4, -0.2) is 29.0 Å². The summed E-state index contributed by atoms with van der Waals surface area (Å²) in [5.74, 6) is 2.08. The van der Waals surface area contributed by atoms with Crippen LogP contribution in [0.3, 0.4) is 0 Å². The number of hydrogen-bond donors (Lipinski definition) is 1. The van der Waals surface area contributed by atoms with Crippen molar-refractivity contribution in [1.29, 1.82) is 0 Å². The van der Waals surface area contributed by atoms with E-state index in [1.54, 1.807) is 24.3 Å². The second-order valence-corrected chi connectivity index (χ2v) is 7.47. The van der Waals surface area contributed by atoms with Crippen molar-refractivity contribution in [2.45, 2.75) is 32.7 Å². The van der Waals surface area contributed by atoms with Crippen molar-refractivity contribution in [3.8, 4) is 11.5 Å². The highest BCUT2D eigenvalue weighted by molar-refractivity contribution is 5.94. The summed E-state index contributed by atoms with van der Waals surface area (Å²) in [4.78, 5) is 24.0. The van der Waals surface area contributed by atoms with Crippen molar-refractivity contribution in [3.63, 3.8) is 0 Å². The number of rotatable bonds is 6. The predicted octanol–water partition coefficient (Wildman–Crippen LogP) is 4.50. The van der Waals surface area contributed by atoms with Crippen LogP contribution in [0, 0.1) is 6.92 Å². The van der Waals surface area contributed by atoms with Gasteiger partial charge in [-0.1, -0.05) is 18.2 Å². The smallest absolute Gasteiger partial charge is 0.251 e. The van der Waals surface area contributed by atoms with Crippen LogP contribution in [0.5, 0.6) is 11.5 Å². The molecule has 0 saturated carbocycles. The largest absolute Gasteiger partial charge is 0.457 e. The summed E-state index contributed by atoms with van der Waals surface area (Å²) in [6.07, 6.45) is 3.61. The third-order valence-electron chi connectivity index (χ3n) is 5.06. The fourth-order valence-corrected chi connectivity index (χ4v) is 3.51. The molecule has 1 N–H and O–H groups in total. The molecule has 0 aliphatic carbocycles. The van der Waals surface area contributed by atoms with Gasteiger partial charge in [-0.25, -0.2) is 9.97 Å². The highest BCUT2D eigenvalue weighted by atomic mass is 16.5. The van der Waals surface area contributed by atoms with E-state index in [-0.39, 0.29) is 5.91 Å². The third kappa shape index (κ3) is 5.14. The lowest BCUT2D eigenvalue weighted by molar-refractivity contribution is 0.0950. The van der Waals surface area contributed by atoms with E-state index in [2.05, 4.69) is 20.2 Å². The summed E-state index contributed by atoms with van der Waals surface area (Å²) in [5.41, 5.74) is 2.31. The van der Waals surface area contributed by atoms with Crippen LogP contribution in [0.4, 0.5) is 5.95 Å². The maximum absolute atomic E-state index is 12.6. The first-order valence-electron chi connectivity index (χ1n) is 10.4. The first-order chi connectivity index (χ1) is 14.7. The van der Waals surface area contributed by atoms with E-state index in [9.17, 15) is 4.79 Å². The molecule has 1 saturated heterocycles. The molecule has 1 aliphatic rings. The highest BCUT2D eigenvalue weighted by Crippen LogP contribution is 2.21. The van der Waals surface area contributed by atoms with Crippen LogP contribution in [0.1, 0.15) is 41.0 Å². The van der Waals surface area contributed by atoms with Gasteiger partial charge in [-0.3, -0.25) is 4.79 Å². The molecule has 1 aromatic heterocycles. The Hall–Kier alpha value is -3.41. The maximum Gasteiger partial charge on any atom is 0.251 e. The van der Waals surface area contributed by atoms with Gasteiger partial charge >= 0.3 is 0 Å². The first-order valence-corrected chi connectivity index (χ1v) is 10.4. The molecule has 0 atom stereocenters. The Morgan fingerprint density at radius 2 is 1.67 bits per heavy atom. The summed E-state index contributed by atoms with van der Waals surface area (Å²) in [7, 11) is 0. The van der Waals surface area contributed by atoms with Gasteiger partial charge in [0, 0.05) is 24.3 Å². The quantitative estimate of drug-likeness (QED) is 0.658. The number of nitrogens with zero attached hydrogens (tertiary/aromatic N) is 3. The van der Waals surface area contributed by atoms with Crippen molar-refractivity contribution in [2.75, 3.05) is 18.0 Å². The Kier molecular flexibility index (Phi) is 6.23. The van der Waals surface area contributed by atoms with Gasteiger partial charge < -0.3 is 15.0 Å². The monoisotopic (exact) mass is 402 g/mol. The molecule has 1 fully saturated rings. The number of ether oxygens (including phenoxy) is 1. The van der Waals surface area contributed by atoms with Gasteiger partial charge in [0.05, 0.1) is 12.2 Å². The standard InChI is InChI=1S/C24H26N4O2/c1-18-16-20(27-24(26-18)28-14-6-3-7-15-28)17-25-23(29)19-10-12-22(13-11-19)30-21-8-4-2-5-9-21/h2,4-5,8-13,16H,3,6-7,14-15,17H2,1H3,(H,25,29). The molecule has 6 heteroatoms. The molecule has 0 spiro atoms. The average Bonchev–Trinajstić information content (AvgIpc) is 2.79. The van der Waals surface area contributed by atoms with Crippen molar-refractivity contribution < 1.29 is 9.53 Å². The minimum absolute atomic E-state index is 0.142. The molecule has 154 valence electrons. The summed E-state index contributed by atoms with van der Waals surface area (Å²) in [6.45, 7) is 4.32. The van der Waals surface area contributed by atoms with E-state index in [1.807, 2.05) is 43.3 Å². The van der Waals surface area contributed by atoms with Crippen molar-refractivity contribution >= 4 is 11.9 Å². The lowest BCUT2D eigenvalue weighted by Gasteiger charge is -2.27. The molecule has 0 radical (unpaired) electrons. The number of carbonyl (C=O) groups excluding carboxylic acids is 1. The Morgan fingerprint density at radius 3 is 2.40 bits per heavy atom. The molecule has 30 heavy (non-hydrogen) atoms. The van der Waals surface area contributed by atoms with Crippen LogP contribution in [0.2, 0.25) is 0 Å². The number of aromatic nitrogens is 2. The zero-order valence-electron chi connectivity index (χ0n) is 17.2. The Morgan fingerprint density at radius 1 is 0.967 bits per heavy atom. The molecule has 3 aromatic rings. The second-order valence-electron chi connectivity index (χ2n) is 7.47. The van der Waals surface area contributed by atoms with Crippen molar-refractivity contribution in [2.24, 2.45) is 0 Å². The van der Waals surface area contributed by atoms with E-state index in [1.165, 1.54) is 19.3 Å². The number of carbonyl (C=O) groups is 1. The third-order valence-corrected chi connectivity index (χ3v) is 5.06. The predicted molar refractivity (Wildman–Crippen MR) is 117 cm³/mol. The molecular weight excluding hydrogens is 376 g/mol. The van der Waals surface area contributed by atoms with E-state index in [4.69, 9.17) is 4.74 Å². The minimum atomic E-state index is -0.142. The zero-order valence-corrected chi connectivity index (χ0v) is 17.2. The van der Waals surface area contributed by atoms with Crippen LogP contribution in [0.25, 0.3) is 0 Å². The van der Waals surface area contributed by atoms with Crippen molar-refractivity contribution in [3.05, 3.63) is 77.6 Å². The summed E-state index contributed by atoms with van der Waals surface area (Å²) in [6, 6.07) is 18.6. The van der Waals surface area contributed by atoms with Crippen LogP contribution >= 0.6 is 0 Å². The lowest BCUT2D eigenvalue weighted by atomic mass is 10.1. The van der Waals surface area contributed by atoms with Gasteiger partial charge in [-0.2, -0.15) is 0 Å². The molecule has 1 amide bonds. The number of aryl methyl sites for hydroxylation is 1. The fourth-order valence-electron chi connectivity index (χ4n) is 3.51. The Bertz CT molecular complexity index is 984. The number of hydrogen-bond acceptors (Lipinski definition) is 5. The molecule has 4 rings (SSSR count). The minimum Gasteiger partial charge on any atom is -0.457 e. The number of anilines is 1. The Balaban J connectivity index is 1.36. The molecular formula is C24H26N4O2. The molecule has 2 heterocycles. The van der Waals surface area contributed by atoms with Gasteiger partial charge in [0.1, 0.15) is 11.5 Å². The molecule has 0 bridgehead atoms. The Labute approximate surface area is 176 Å². The lowest BCUT2D eigenvalue weighted by Crippen LogP contribution is -2.31. The molecule has 6 nitrogen and oxygen atoms in total. The van der Waals surface area contributed by atoms with Crippen LogP contribution in [-0.2, 0) is 6.54 Å². The van der Waals surface area contributed by atoms with E-state index in [0.717, 1.165) is 36.2 Å². The maximum atomic E-state index is 12.6. The summed E-state index contributed by atoms with van der Waals surface area (Å²) in [5, 5.41) is 2.95. The summed E-state index contributed by atoms with van der Waals surface area (Å²) < 4.78 is 5.77. The van der Waals surface area contributed by atoms with Gasteiger partial charge in [-0.05, 0) is 68.7 Å². The SMILES string of the molecule is Cc1cc(CNC(=O)c2ccc(Oc3ccccc3)cc2)nc(N2CCCCC2)n1. The molecule has 0 unspecified atom stereocenters. The molecule has 1 aliphatic heterocycles. The number of nitrogens with one attached hydrogen (secondary N) is 1. The number of amides is 1. The number of benzene rings is 2. The van der Waals surface area contributed by atoms with Crippen LogP contribution < -0.4 is 15.0 Å². The van der Waals surface area contributed by atoms with E-state index >= 15 is 0 Å². The van der Waals surface area contributed by atoms with Crippen LogP contribution in [0.15, 0.2) is 60.7 Å². The normalized spacial score (nSPS) is 13.7.